The minimum absolute atomic E-state index is 0.0399. The lowest BCUT2D eigenvalue weighted by Gasteiger charge is -2.04. The Morgan fingerprint density at radius 2 is 1.43 bits per heavy atom. The molecule has 0 unspecified atom stereocenters. The van der Waals surface area contributed by atoms with Crippen molar-refractivity contribution >= 4 is 61.8 Å². The minimum atomic E-state index is -0.484. The zero-order valence-electron chi connectivity index (χ0n) is 18.7. The lowest BCUT2D eigenvalue weighted by Crippen LogP contribution is -2.22. The lowest BCUT2D eigenvalue weighted by atomic mass is 9.95. The van der Waals surface area contributed by atoms with Crippen molar-refractivity contribution in [1.82, 2.24) is 14.5 Å². The van der Waals surface area contributed by atoms with Crippen LogP contribution >= 0.6 is 11.3 Å². The van der Waals surface area contributed by atoms with E-state index in [9.17, 15) is 19.7 Å². The van der Waals surface area contributed by atoms with E-state index in [-0.39, 0.29) is 11.3 Å². The number of aryl methyl sites for hydroxylation is 2. The smallest absolute Gasteiger partial charge is 0.271 e. The van der Waals surface area contributed by atoms with Crippen LogP contribution in [0.1, 0.15) is 11.1 Å². The number of nitrogens with zero attached hydrogens (tertiary/aromatic N) is 3. The Kier molecular flexibility index (Phi) is 4.52. The van der Waals surface area contributed by atoms with Gasteiger partial charge in [0.2, 0.25) is 0 Å². The maximum atomic E-state index is 13.1. The summed E-state index contributed by atoms with van der Waals surface area (Å²) in [6.45, 7) is 0. The van der Waals surface area contributed by atoms with Crippen molar-refractivity contribution in [2.45, 2.75) is 0 Å². The average molecular weight is 483 g/mol. The van der Waals surface area contributed by atoms with Crippen LogP contribution < -0.4 is 5.32 Å². The minimum Gasteiger partial charge on any atom is -0.350 e. The highest BCUT2D eigenvalue weighted by molar-refractivity contribution is 7.08. The van der Waals surface area contributed by atoms with Gasteiger partial charge >= 0.3 is 0 Å². The van der Waals surface area contributed by atoms with Gasteiger partial charge in [-0.2, -0.15) is 11.3 Å². The van der Waals surface area contributed by atoms with Gasteiger partial charge in [-0.05, 0) is 40.1 Å². The number of nitrogens with one attached hydrogen (secondary N) is 1. The summed E-state index contributed by atoms with van der Waals surface area (Å²) in [5.74, 6) is -0.943. The van der Waals surface area contributed by atoms with Crippen LogP contribution in [0.3, 0.4) is 0 Å². The number of carbonyl (C=O) groups is 2. The van der Waals surface area contributed by atoms with Gasteiger partial charge in [0, 0.05) is 66.0 Å². The second kappa shape index (κ2) is 7.51. The zero-order chi connectivity index (χ0) is 24.4. The first-order valence-electron chi connectivity index (χ1n) is 10.8. The first kappa shape index (κ1) is 21.1. The molecule has 1 aliphatic heterocycles. The van der Waals surface area contributed by atoms with Crippen LogP contribution in [0, 0.1) is 10.1 Å². The molecule has 0 fully saturated rings. The molecule has 9 heteroatoms. The van der Waals surface area contributed by atoms with Gasteiger partial charge in [0.1, 0.15) is 0 Å². The van der Waals surface area contributed by atoms with Crippen LogP contribution in [0.2, 0.25) is 0 Å². The first-order valence-corrected chi connectivity index (χ1v) is 11.7. The summed E-state index contributed by atoms with van der Waals surface area (Å²) in [4.78, 5) is 36.9. The van der Waals surface area contributed by atoms with Crippen molar-refractivity contribution in [2.75, 3.05) is 0 Å². The maximum Gasteiger partial charge on any atom is 0.271 e. The number of thiophene rings is 1. The molecule has 0 bridgehead atoms. The molecule has 0 aliphatic carbocycles. The number of hydrogen-bond donors (Lipinski definition) is 1. The van der Waals surface area contributed by atoms with Crippen molar-refractivity contribution in [3.63, 3.8) is 0 Å². The predicted octanol–water partition coefficient (Wildman–Crippen LogP) is 4.87. The number of aromatic nitrogens is 2. The van der Waals surface area contributed by atoms with E-state index in [0.717, 1.165) is 22.0 Å². The van der Waals surface area contributed by atoms with E-state index < -0.39 is 16.7 Å². The van der Waals surface area contributed by atoms with Crippen LogP contribution in [0.5, 0.6) is 0 Å². The van der Waals surface area contributed by atoms with Gasteiger partial charge in [-0.25, -0.2) is 0 Å². The second-order valence-corrected chi connectivity index (χ2v) is 9.32. The van der Waals surface area contributed by atoms with Crippen molar-refractivity contribution in [3.8, 4) is 11.1 Å². The average Bonchev–Trinajstić information content (AvgIpc) is 3.60. The summed E-state index contributed by atoms with van der Waals surface area (Å²) >= 11 is 1.63. The normalized spacial score (nSPS) is 13.9. The number of imide groups is 1. The third kappa shape index (κ3) is 3.12. The van der Waals surface area contributed by atoms with Crippen molar-refractivity contribution in [2.24, 2.45) is 14.1 Å². The van der Waals surface area contributed by atoms with E-state index in [1.54, 1.807) is 35.2 Å². The molecule has 2 aromatic carbocycles. The van der Waals surface area contributed by atoms with Gasteiger partial charge in [-0.15, -0.1) is 0 Å². The Hall–Kier alpha value is -4.50. The fourth-order valence-corrected chi connectivity index (χ4v) is 5.51. The standard InChI is InChI=1S/C26H18N4O4S/c1-28-11-19(17-5-3-14(9-21(17)28)15-7-8-35-13-15)23-24(26(32)27-25(23)31)20-12-29(2)22-10-16(30(33)34)4-6-18(20)22/h3-13H,1-2H3,(H,27,31,32). The molecule has 0 atom stereocenters. The molecule has 0 spiro atoms. The van der Waals surface area contributed by atoms with Gasteiger partial charge in [0.15, 0.2) is 0 Å². The van der Waals surface area contributed by atoms with E-state index in [1.807, 2.05) is 35.3 Å². The van der Waals surface area contributed by atoms with Crippen molar-refractivity contribution in [3.05, 3.63) is 86.9 Å². The number of carbonyl (C=O) groups excluding carboxylic acids is 2. The van der Waals surface area contributed by atoms with E-state index >= 15 is 0 Å². The summed E-state index contributed by atoms with van der Waals surface area (Å²) in [7, 11) is 3.67. The van der Waals surface area contributed by atoms with Gasteiger partial charge in [-0.3, -0.25) is 25.0 Å². The fourth-order valence-electron chi connectivity index (χ4n) is 4.85. The summed E-state index contributed by atoms with van der Waals surface area (Å²) < 4.78 is 3.68. The maximum absolute atomic E-state index is 13.1. The highest BCUT2D eigenvalue weighted by Gasteiger charge is 2.35. The molecule has 6 rings (SSSR count). The number of nitro groups is 1. The third-order valence-electron chi connectivity index (χ3n) is 6.50. The first-order chi connectivity index (χ1) is 16.8. The summed E-state index contributed by atoms with van der Waals surface area (Å²) in [5, 5.41) is 19.3. The molecule has 4 heterocycles. The van der Waals surface area contributed by atoms with Gasteiger partial charge in [-0.1, -0.05) is 12.1 Å². The molecule has 0 saturated heterocycles. The number of amides is 2. The molecular formula is C26H18N4O4S. The Morgan fingerprint density at radius 3 is 2.00 bits per heavy atom. The van der Waals surface area contributed by atoms with E-state index in [0.29, 0.717) is 27.6 Å². The SMILES string of the molecule is Cn1cc(C2=C(c3cn(C)c4cc([N+](=O)[O-])ccc34)C(=O)NC2=O)c2ccc(-c3ccsc3)cc21. The van der Waals surface area contributed by atoms with Gasteiger partial charge in [0.25, 0.3) is 17.5 Å². The topological polar surface area (TPSA) is 99.2 Å². The monoisotopic (exact) mass is 482 g/mol. The number of rotatable bonds is 4. The summed E-state index contributed by atoms with van der Waals surface area (Å²) in [5.41, 5.74) is 5.49. The molecule has 1 N–H and O–H groups in total. The molecule has 172 valence electrons. The molecule has 1 aliphatic rings. The molecule has 3 aromatic heterocycles. The molecule has 0 radical (unpaired) electrons. The van der Waals surface area contributed by atoms with Crippen molar-refractivity contribution in [1.29, 1.82) is 0 Å². The molecule has 2 amide bonds. The Morgan fingerprint density at radius 1 is 0.829 bits per heavy atom. The number of benzene rings is 2. The third-order valence-corrected chi connectivity index (χ3v) is 7.18. The number of hydrogen-bond acceptors (Lipinski definition) is 5. The van der Waals surface area contributed by atoms with Gasteiger partial charge in [0.05, 0.1) is 21.6 Å². The number of fused-ring (bicyclic) bond motifs is 2. The van der Waals surface area contributed by atoms with Crippen LogP contribution in [0.15, 0.2) is 65.6 Å². The predicted molar refractivity (Wildman–Crippen MR) is 136 cm³/mol. The quantitative estimate of drug-likeness (QED) is 0.224. The van der Waals surface area contributed by atoms with Crippen LogP contribution in [0.25, 0.3) is 44.1 Å². The fraction of sp³-hybridized carbons (Fsp3) is 0.0769. The summed E-state index contributed by atoms with van der Waals surface area (Å²) in [6, 6.07) is 12.6. The molecule has 35 heavy (non-hydrogen) atoms. The lowest BCUT2D eigenvalue weighted by molar-refractivity contribution is -0.384. The Bertz CT molecular complexity index is 1760. The largest absolute Gasteiger partial charge is 0.350 e. The molecular weight excluding hydrogens is 464 g/mol. The Labute approximate surface area is 202 Å². The zero-order valence-corrected chi connectivity index (χ0v) is 19.6. The molecule has 8 nitrogen and oxygen atoms in total. The molecule has 5 aromatic rings. The van der Waals surface area contributed by atoms with Crippen molar-refractivity contribution < 1.29 is 14.5 Å². The number of nitro benzene ring substituents is 1. The van der Waals surface area contributed by atoms with E-state index in [1.165, 1.54) is 12.1 Å². The van der Waals surface area contributed by atoms with Crippen LogP contribution in [-0.4, -0.2) is 25.9 Å². The highest BCUT2D eigenvalue weighted by Crippen LogP contribution is 2.40. The second-order valence-electron chi connectivity index (χ2n) is 8.54. The van der Waals surface area contributed by atoms with Crippen LogP contribution in [0.4, 0.5) is 5.69 Å². The van der Waals surface area contributed by atoms with E-state index in [4.69, 9.17) is 0 Å². The Balaban J connectivity index is 1.60. The highest BCUT2D eigenvalue weighted by atomic mass is 32.1. The summed E-state index contributed by atoms with van der Waals surface area (Å²) in [6.07, 6.45) is 3.60. The number of non-ortho nitro benzene ring substituents is 1. The van der Waals surface area contributed by atoms with Crippen LogP contribution in [-0.2, 0) is 23.7 Å². The van der Waals surface area contributed by atoms with Gasteiger partial charge < -0.3 is 9.13 Å². The molecule has 0 saturated carbocycles. The van der Waals surface area contributed by atoms with E-state index in [2.05, 4.69) is 22.8 Å².